The lowest BCUT2D eigenvalue weighted by Crippen LogP contribution is -1.90. The second-order valence-corrected chi connectivity index (χ2v) is 10.9. The fourth-order valence-electron chi connectivity index (χ4n) is 6.64. The first-order valence-electron chi connectivity index (χ1n) is 14.3. The van der Waals surface area contributed by atoms with Gasteiger partial charge in [0.15, 0.2) is 0 Å². The van der Waals surface area contributed by atoms with Gasteiger partial charge in [-0.15, -0.1) is 0 Å². The lowest BCUT2D eigenvalue weighted by Gasteiger charge is -2.17. The molecule has 9 aromatic rings. The van der Waals surface area contributed by atoms with Gasteiger partial charge in [0, 0.05) is 27.8 Å². The molecule has 196 valence electrons. The summed E-state index contributed by atoms with van der Waals surface area (Å²) in [7, 11) is 0. The fourth-order valence-corrected chi connectivity index (χ4v) is 6.64. The summed E-state index contributed by atoms with van der Waals surface area (Å²) >= 11 is 0. The van der Waals surface area contributed by atoms with Gasteiger partial charge in [-0.2, -0.15) is 0 Å². The highest BCUT2D eigenvalue weighted by atomic mass is 16.3. The molecule has 0 fully saturated rings. The van der Waals surface area contributed by atoms with Crippen LogP contribution in [0.3, 0.4) is 0 Å². The van der Waals surface area contributed by atoms with Gasteiger partial charge >= 0.3 is 0 Å². The predicted octanol–water partition coefficient (Wildman–Crippen LogP) is 11.6. The number of fused-ring (bicyclic) bond motifs is 6. The van der Waals surface area contributed by atoms with Crippen molar-refractivity contribution in [1.82, 2.24) is 0 Å². The van der Waals surface area contributed by atoms with E-state index < -0.39 is 0 Å². The maximum atomic E-state index is 6.09. The Balaban J connectivity index is 1.23. The largest absolute Gasteiger partial charge is 0.464 e. The van der Waals surface area contributed by atoms with Crippen molar-refractivity contribution < 1.29 is 8.83 Å². The summed E-state index contributed by atoms with van der Waals surface area (Å²) in [5, 5.41) is 8.35. The fraction of sp³-hybridized carbons (Fsp3) is 0. The molecule has 42 heavy (non-hydrogen) atoms. The van der Waals surface area contributed by atoms with Crippen LogP contribution in [0.5, 0.6) is 0 Å². The van der Waals surface area contributed by atoms with Gasteiger partial charge in [-0.3, -0.25) is 0 Å². The summed E-state index contributed by atoms with van der Waals surface area (Å²) in [6.45, 7) is 0. The van der Waals surface area contributed by atoms with Crippen molar-refractivity contribution in [3.63, 3.8) is 0 Å². The van der Waals surface area contributed by atoms with E-state index in [1.54, 1.807) is 0 Å². The van der Waals surface area contributed by atoms with Gasteiger partial charge in [0.25, 0.3) is 0 Å². The summed E-state index contributed by atoms with van der Waals surface area (Å²) < 4.78 is 12.1. The average Bonchev–Trinajstić information content (AvgIpc) is 3.63. The topological polar surface area (TPSA) is 26.3 Å². The number of benzene rings is 7. The van der Waals surface area contributed by atoms with E-state index in [4.69, 9.17) is 8.83 Å². The number of furan rings is 2. The first kappa shape index (κ1) is 23.1. The van der Waals surface area contributed by atoms with Crippen LogP contribution in [0.1, 0.15) is 0 Å². The molecule has 2 nitrogen and oxygen atoms in total. The number of para-hydroxylation sites is 1. The second-order valence-electron chi connectivity index (χ2n) is 10.9. The Labute approximate surface area is 242 Å². The van der Waals surface area contributed by atoms with Gasteiger partial charge in [-0.25, -0.2) is 0 Å². The SMILES string of the molecule is c1ccc(-c2c3ccccc3c(-c3ccc(-c4coc5cc6oc7ccccc7c6cc45)cc3)c3ccccc23)cc1. The molecule has 0 saturated carbocycles. The van der Waals surface area contributed by atoms with Crippen molar-refractivity contribution in [1.29, 1.82) is 0 Å². The highest BCUT2D eigenvalue weighted by Gasteiger charge is 2.17. The summed E-state index contributed by atoms with van der Waals surface area (Å²) in [6.07, 6.45) is 1.86. The molecule has 0 aliphatic heterocycles. The van der Waals surface area contributed by atoms with Gasteiger partial charge in [-0.05, 0) is 61.5 Å². The Hall–Kier alpha value is -5.60. The Morgan fingerprint density at radius 2 is 0.857 bits per heavy atom. The molecule has 0 amide bonds. The lowest BCUT2D eigenvalue weighted by molar-refractivity contribution is 0.614. The highest BCUT2D eigenvalue weighted by Crippen LogP contribution is 2.44. The summed E-state index contributed by atoms with van der Waals surface area (Å²) in [6, 6.07) is 49.6. The zero-order valence-electron chi connectivity index (χ0n) is 22.7. The van der Waals surface area contributed by atoms with E-state index in [0.717, 1.165) is 44.0 Å². The molecular formula is C40H24O2. The van der Waals surface area contributed by atoms with Crippen LogP contribution in [0, 0.1) is 0 Å². The van der Waals surface area contributed by atoms with E-state index in [1.165, 1.54) is 43.8 Å². The first-order chi connectivity index (χ1) is 20.8. The molecule has 0 saturated heterocycles. The van der Waals surface area contributed by atoms with Crippen molar-refractivity contribution >= 4 is 54.5 Å². The minimum Gasteiger partial charge on any atom is -0.464 e. The number of hydrogen-bond acceptors (Lipinski definition) is 2. The molecule has 9 rings (SSSR count). The second kappa shape index (κ2) is 8.95. The molecular weight excluding hydrogens is 512 g/mol. The Bertz CT molecular complexity index is 2380. The molecule has 0 atom stereocenters. The van der Waals surface area contributed by atoms with Crippen molar-refractivity contribution in [2.24, 2.45) is 0 Å². The Kier molecular flexibility index (Phi) is 4.93. The molecule has 0 N–H and O–H groups in total. The number of rotatable bonds is 3. The zero-order valence-corrected chi connectivity index (χ0v) is 22.7. The molecule has 0 aliphatic carbocycles. The highest BCUT2D eigenvalue weighted by molar-refractivity contribution is 6.21. The maximum Gasteiger partial charge on any atom is 0.139 e. The number of hydrogen-bond donors (Lipinski definition) is 0. The molecule has 0 bridgehead atoms. The maximum absolute atomic E-state index is 6.09. The average molecular weight is 537 g/mol. The van der Waals surface area contributed by atoms with Gasteiger partial charge in [0.1, 0.15) is 16.7 Å². The van der Waals surface area contributed by atoms with Crippen LogP contribution in [-0.2, 0) is 0 Å². The van der Waals surface area contributed by atoms with E-state index in [0.29, 0.717) is 0 Å². The standard InChI is InChI=1S/C40H24O2/c1-2-10-26(11-3-1)39-29-13-4-6-15-31(29)40(32-16-7-5-14-30(32)39)27-20-18-25(19-21-27)35-24-41-37-23-38-33(22-34(35)37)28-12-8-9-17-36(28)42-38/h1-24H. The van der Waals surface area contributed by atoms with E-state index in [1.807, 2.05) is 24.5 Å². The van der Waals surface area contributed by atoms with Crippen LogP contribution in [-0.4, -0.2) is 0 Å². The van der Waals surface area contributed by atoms with E-state index >= 15 is 0 Å². The molecule has 2 heterocycles. The quantitative estimate of drug-likeness (QED) is 0.210. The van der Waals surface area contributed by atoms with Crippen LogP contribution in [0.25, 0.3) is 87.8 Å². The zero-order chi connectivity index (χ0) is 27.6. The van der Waals surface area contributed by atoms with Crippen molar-refractivity contribution in [2.45, 2.75) is 0 Å². The van der Waals surface area contributed by atoms with Crippen molar-refractivity contribution in [2.75, 3.05) is 0 Å². The Morgan fingerprint density at radius 1 is 0.333 bits per heavy atom. The summed E-state index contributed by atoms with van der Waals surface area (Å²) in [5.41, 5.74) is 9.74. The third kappa shape index (κ3) is 3.39. The first-order valence-corrected chi connectivity index (χ1v) is 14.3. The lowest BCUT2D eigenvalue weighted by atomic mass is 9.86. The van der Waals surface area contributed by atoms with Gasteiger partial charge in [-0.1, -0.05) is 121 Å². The van der Waals surface area contributed by atoms with Gasteiger partial charge in [0.05, 0.1) is 6.26 Å². The minimum absolute atomic E-state index is 0.828. The van der Waals surface area contributed by atoms with Gasteiger partial charge < -0.3 is 8.83 Å². The summed E-state index contributed by atoms with van der Waals surface area (Å²) in [5.74, 6) is 0. The van der Waals surface area contributed by atoms with Crippen LogP contribution >= 0.6 is 0 Å². The molecule has 0 aliphatic rings. The molecule has 2 aromatic heterocycles. The van der Waals surface area contributed by atoms with E-state index in [9.17, 15) is 0 Å². The molecule has 0 radical (unpaired) electrons. The Morgan fingerprint density at radius 3 is 1.50 bits per heavy atom. The minimum atomic E-state index is 0.828. The molecule has 2 heteroatoms. The van der Waals surface area contributed by atoms with E-state index in [-0.39, 0.29) is 0 Å². The third-order valence-corrected chi connectivity index (χ3v) is 8.55. The van der Waals surface area contributed by atoms with Crippen LogP contribution in [0.2, 0.25) is 0 Å². The molecule has 7 aromatic carbocycles. The monoisotopic (exact) mass is 536 g/mol. The van der Waals surface area contributed by atoms with Crippen LogP contribution in [0.4, 0.5) is 0 Å². The van der Waals surface area contributed by atoms with Crippen molar-refractivity contribution in [3.8, 4) is 33.4 Å². The molecule has 0 spiro atoms. The molecule has 0 unspecified atom stereocenters. The predicted molar refractivity (Wildman–Crippen MR) is 175 cm³/mol. The van der Waals surface area contributed by atoms with Gasteiger partial charge in [0.2, 0.25) is 0 Å². The van der Waals surface area contributed by atoms with Crippen molar-refractivity contribution in [3.05, 3.63) is 146 Å². The van der Waals surface area contributed by atoms with E-state index in [2.05, 4.69) is 121 Å². The normalized spacial score (nSPS) is 11.8. The van der Waals surface area contributed by atoms with Crippen LogP contribution in [0.15, 0.2) is 155 Å². The summed E-state index contributed by atoms with van der Waals surface area (Å²) in [4.78, 5) is 0. The van der Waals surface area contributed by atoms with Crippen LogP contribution < -0.4 is 0 Å². The smallest absolute Gasteiger partial charge is 0.139 e. The third-order valence-electron chi connectivity index (χ3n) is 8.55.